The normalized spacial score (nSPS) is 20.8. The van der Waals surface area contributed by atoms with E-state index in [1.165, 1.54) is 12.8 Å². The van der Waals surface area contributed by atoms with E-state index >= 15 is 0 Å². The first-order chi connectivity index (χ1) is 12.1. The molecule has 3 heterocycles. The maximum absolute atomic E-state index is 6.27. The summed E-state index contributed by atoms with van der Waals surface area (Å²) < 4.78 is 0. The maximum atomic E-state index is 6.27. The largest absolute Gasteiger partial charge is 0.365 e. The van der Waals surface area contributed by atoms with Gasteiger partial charge in [-0.3, -0.25) is 0 Å². The molecule has 7 heteroatoms. The molecule has 0 saturated heterocycles. The average molecular weight is 357 g/mol. The van der Waals surface area contributed by atoms with Gasteiger partial charge in [-0.25, -0.2) is 15.0 Å². The summed E-state index contributed by atoms with van der Waals surface area (Å²) in [6.07, 6.45) is 9.88. The molecular formula is C18H21ClN6. The van der Waals surface area contributed by atoms with E-state index < -0.39 is 0 Å². The van der Waals surface area contributed by atoms with E-state index in [2.05, 4.69) is 20.3 Å². The zero-order chi connectivity index (χ0) is 17.4. The second-order valence-electron chi connectivity index (χ2n) is 6.68. The van der Waals surface area contributed by atoms with Crippen LogP contribution in [0.25, 0.3) is 22.4 Å². The van der Waals surface area contributed by atoms with E-state index in [1.54, 1.807) is 6.20 Å². The number of anilines is 1. The van der Waals surface area contributed by atoms with Crippen LogP contribution in [0.1, 0.15) is 31.2 Å². The van der Waals surface area contributed by atoms with Gasteiger partial charge >= 0.3 is 0 Å². The van der Waals surface area contributed by atoms with E-state index in [4.69, 9.17) is 22.3 Å². The van der Waals surface area contributed by atoms with Crippen molar-refractivity contribution in [3.8, 4) is 11.4 Å². The van der Waals surface area contributed by atoms with Crippen LogP contribution in [0.3, 0.4) is 0 Å². The SMILES string of the molecule is Cc1cnc(-c2c[nH]c3ncc(Cl)cc23)nc1NC1CCCCC1N. The van der Waals surface area contributed by atoms with Gasteiger partial charge in [0.05, 0.1) is 5.02 Å². The average Bonchev–Trinajstić information content (AvgIpc) is 3.02. The number of rotatable bonds is 3. The standard InChI is InChI=1S/C18H21ClN6/c1-10-7-21-18(13-9-23-17-12(13)6-11(19)8-22-17)25-16(10)24-15-5-3-2-4-14(15)20/h6-9,14-15H,2-5,20H2,1H3,(H,22,23)(H,21,24,25). The minimum absolute atomic E-state index is 0.169. The van der Waals surface area contributed by atoms with Crippen molar-refractivity contribution in [1.29, 1.82) is 0 Å². The Labute approximate surface area is 151 Å². The number of pyridine rings is 1. The van der Waals surface area contributed by atoms with Gasteiger partial charge in [-0.2, -0.15) is 0 Å². The van der Waals surface area contributed by atoms with E-state index in [1.807, 2.05) is 25.4 Å². The van der Waals surface area contributed by atoms with Crippen LogP contribution in [-0.2, 0) is 0 Å². The summed E-state index contributed by atoms with van der Waals surface area (Å²) in [6.45, 7) is 2.01. The van der Waals surface area contributed by atoms with Gasteiger partial charge < -0.3 is 16.0 Å². The number of aromatic amines is 1. The lowest BCUT2D eigenvalue weighted by Crippen LogP contribution is -2.42. The fourth-order valence-electron chi connectivity index (χ4n) is 3.40. The molecule has 25 heavy (non-hydrogen) atoms. The van der Waals surface area contributed by atoms with Gasteiger partial charge in [0.25, 0.3) is 0 Å². The molecule has 0 amide bonds. The lowest BCUT2D eigenvalue weighted by Gasteiger charge is -2.30. The van der Waals surface area contributed by atoms with Crippen molar-refractivity contribution in [3.63, 3.8) is 0 Å². The second-order valence-corrected chi connectivity index (χ2v) is 7.11. The molecular weight excluding hydrogens is 336 g/mol. The smallest absolute Gasteiger partial charge is 0.163 e. The number of nitrogens with zero attached hydrogens (tertiary/aromatic N) is 3. The Morgan fingerprint density at radius 1 is 1.24 bits per heavy atom. The number of halogens is 1. The van der Waals surface area contributed by atoms with Crippen molar-refractivity contribution in [2.45, 2.75) is 44.7 Å². The number of aromatic nitrogens is 4. The van der Waals surface area contributed by atoms with Crippen LogP contribution in [0.2, 0.25) is 5.02 Å². The molecule has 6 nitrogen and oxygen atoms in total. The molecule has 4 N–H and O–H groups in total. The van der Waals surface area contributed by atoms with E-state index in [0.717, 1.165) is 40.8 Å². The molecule has 0 radical (unpaired) electrons. The highest BCUT2D eigenvalue weighted by atomic mass is 35.5. The first-order valence-electron chi connectivity index (χ1n) is 8.60. The zero-order valence-electron chi connectivity index (χ0n) is 14.1. The molecule has 0 aromatic carbocycles. The van der Waals surface area contributed by atoms with Crippen molar-refractivity contribution in [2.75, 3.05) is 5.32 Å². The molecule has 1 saturated carbocycles. The Morgan fingerprint density at radius 2 is 2.08 bits per heavy atom. The molecule has 0 bridgehead atoms. The first-order valence-corrected chi connectivity index (χ1v) is 8.98. The van der Waals surface area contributed by atoms with Gasteiger partial charge in [-0.05, 0) is 25.8 Å². The monoisotopic (exact) mass is 356 g/mol. The molecule has 0 spiro atoms. The number of aryl methyl sites for hydroxylation is 1. The maximum Gasteiger partial charge on any atom is 0.163 e. The third-order valence-corrected chi connectivity index (χ3v) is 5.06. The van der Waals surface area contributed by atoms with E-state index in [-0.39, 0.29) is 12.1 Å². The van der Waals surface area contributed by atoms with Gasteiger partial charge in [0, 0.05) is 47.2 Å². The fourth-order valence-corrected chi connectivity index (χ4v) is 3.55. The van der Waals surface area contributed by atoms with Gasteiger partial charge in [-0.15, -0.1) is 0 Å². The molecule has 3 aromatic rings. The minimum atomic E-state index is 0.169. The Hall–Kier alpha value is -2.18. The number of H-pyrrole nitrogens is 1. The van der Waals surface area contributed by atoms with E-state index in [9.17, 15) is 0 Å². The van der Waals surface area contributed by atoms with Gasteiger partial charge in [0.1, 0.15) is 11.5 Å². The van der Waals surface area contributed by atoms with Crippen molar-refractivity contribution >= 4 is 28.5 Å². The second kappa shape index (κ2) is 6.61. The number of fused-ring (bicyclic) bond motifs is 1. The van der Waals surface area contributed by atoms with Crippen LogP contribution in [0, 0.1) is 6.92 Å². The minimum Gasteiger partial charge on any atom is -0.365 e. The zero-order valence-corrected chi connectivity index (χ0v) is 14.8. The summed E-state index contributed by atoms with van der Waals surface area (Å²) in [5.74, 6) is 1.49. The summed E-state index contributed by atoms with van der Waals surface area (Å²) in [7, 11) is 0. The van der Waals surface area contributed by atoms with Crippen molar-refractivity contribution in [1.82, 2.24) is 19.9 Å². The summed E-state index contributed by atoms with van der Waals surface area (Å²) in [4.78, 5) is 16.7. The Kier molecular flexibility index (Phi) is 4.31. The fraction of sp³-hybridized carbons (Fsp3) is 0.389. The number of hydrogen-bond donors (Lipinski definition) is 3. The van der Waals surface area contributed by atoms with Crippen LogP contribution in [0.5, 0.6) is 0 Å². The quantitative estimate of drug-likeness (QED) is 0.666. The summed E-state index contributed by atoms with van der Waals surface area (Å²) in [5.41, 5.74) is 8.94. The van der Waals surface area contributed by atoms with Crippen LogP contribution in [0.15, 0.2) is 24.7 Å². The summed E-state index contributed by atoms with van der Waals surface area (Å²) in [6, 6.07) is 2.31. The Morgan fingerprint density at radius 3 is 2.92 bits per heavy atom. The molecule has 2 atom stereocenters. The van der Waals surface area contributed by atoms with Crippen molar-refractivity contribution in [2.24, 2.45) is 5.73 Å². The van der Waals surface area contributed by atoms with Crippen LogP contribution >= 0.6 is 11.6 Å². The lowest BCUT2D eigenvalue weighted by atomic mass is 9.91. The summed E-state index contributed by atoms with van der Waals surface area (Å²) in [5, 5.41) is 5.04. The highest BCUT2D eigenvalue weighted by molar-refractivity contribution is 6.31. The topological polar surface area (TPSA) is 92.5 Å². The van der Waals surface area contributed by atoms with Gasteiger partial charge in [0.15, 0.2) is 5.82 Å². The lowest BCUT2D eigenvalue weighted by molar-refractivity contribution is 0.403. The van der Waals surface area contributed by atoms with Crippen LogP contribution in [0.4, 0.5) is 5.82 Å². The molecule has 1 aliphatic carbocycles. The number of hydrogen-bond acceptors (Lipinski definition) is 5. The predicted molar refractivity (Wildman–Crippen MR) is 101 cm³/mol. The first kappa shape index (κ1) is 16.3. The third-order valence-electron chi connectivity index (χ3n) is 4.85. The van der Waals surface area contributed by atoms with Crippen molar-refractivity contribution in [3.05, 3.63) is 35.2 Å². The van der Waals surface area contributed by atoms with Crippen LogP contribution < -0.4 is 11.1 Å². The highest BCUT2D eigenvalue weighted by Gasteiger charge is 2.23. The van der Waals surface area contributed by atoms with Gasteiger partial charge in [-0.1, -0.05) is 24.4 Å². The van der Waals surface area contributed by atoms with Crippen LogP contribution in [-0.4, -0.2) is 32.0 Å². The Balaban J connectivity index is 1.70. The van der Waals surface area contributed by atoms with Gasteiger partial charge in [0.2, 0.25) is 0 Å². The molecule has 0 aliphatic heterocycles. The molecule has 1 aliphatic rings. The molecule has 4 rings (SSSR count). The summed E-state index contributed by atoms with van der Waals surface area (Å²) >= 11 is 6.09. The highest BCUT2D eigenvalue weighted by Crippen LogP contribution is 2.29. The molecule has 130 valence electrons. The van der Waals surface area contributed by atoms with Crippen molar-refractivity contribution < 1.29 is 0 Å². The molecule has 3 aromatic heterocycles. The number of nitrogens with one attached hydrogen (secondary N) is 2. The predicted octanol–water partition coefficient (Wildman–Crippen LogP) is 3.66. The molecule has 1 fully saturated rings. The molecule has 2 unspecified atom stereocenters. The van der Waals surface area contributed by atoms with E-state index in [0.29, 0.717) is 10.8 Å². The number of nitrogens with two attached hydrogens (primary N) is 1. The third kappa shape index (κ3) is 3.19. The Bertz CT molecular complexity index is 906.